The van der Waals surface area contributed by atoms with Gasteiger partial charge in [-0.05, 0) is 6.42 Å². The van der Waals surface area contributed by atoms with Crippen molar-refractivity contribution in [2.45, 2.75) is 12.8 Å². The highest BCUT2D eigenvalue weighted by atomic mass is 16.5. The average Bonchev–Trinajstić information content (AvgIpc) is 2.02. The maximum atomic E-state index is 10.9. The van der Waals surface area contributed by atoms with Crippen LogP contribution >= 0.6 is 0 Å². The molecule has 0 aromatic heterocycles. The molecule has 0 fully saturated rings. The number of hydrogen-bond donors (Lipinski definition) is 2. The van der Waals surface area contributed by atoms with E-state index in [4.69, 9.17) is 9.84 Å². The number of benzene rings is 1. The summed E-state index contributed by atoms with van der Waals surface area (Å²) in [6, 6.07) is 2.56. The van der Waals surface area contributed by atoms with Crippen LogP contribution in [0, 0.1) is 0 Å². The number of esters is 1. The third-order valence-corrected chi connectivity index (χ3v) is 1.97. The first-order valence-electron chi connectivity index (χ1n) is 3.92. The average molecular weight is 180 g/mol. The molecule has 2 rings (SSSR count). The zero-order valence-corrected chi connectivity index (χ0v) is 6.78. The smallest absolute Gasteiger partial charge is 0.311 e. The molecule has 0 radical (unpaired) electrons. The number of fused-ring (bicyclic) bond motifs is 1. The molecule has 0 unspecified atom stereocenters. The summed E-state index contributed by atoms with van der Waals surface area (Å²) in [6.45, 7) is 0. The molecule has 1 aromatic rings. The van der Waals surface area contributed by atoms with Crippen LogP contribution < -0.4 is 4.74 Å². The Balaban J connectivity index is 2.53. The molecule has 13 heavy (non-hydrogen) atoms. The molecule has 1 aromatic carbocycles. The van der Waals surface area contributed by atoms with Gasteiger partial charge in [-0.2, -0.15) is 0 Å². The Morgan fingerprint density at radius 1 is 1.23 bits per heavy atom. The highest BCUT2D eigenvalue weighted by Gasteiger charge is 2.20. The van der Waals surface area contributed by atoms with Crippen LogP contribution in [-0.2, 0) is 11.2 Å². The van der Waals surface area contributed by atoms with Gasteiger partial charge in [-0.15, -0.1) is 0 Å². The maximum Gasteiger partial charge on any atom is 0.311 e. The minimum Gasteiger partial charge on any atom is -0.508 e. The highest BCUT2D eigenvalue weighted by Crippen LogP contribution is 2.36. The third kappa shape index (κ3) is 1.30. The molecule has 4 nitrogen and oxygen atoms in total. The molecule has 0 saturated carbocycles. The third-order valence-electron chi connectivity index (χ3n) is 1.97. The van der Waals surface area contributed by atoms with Gasteiger partial charge in [-0.25, -0.2) is 0 Å². The van der Waals surface area contributed by atoms with Gasteiger partial charge in [-0.3, -0.25) is 4.79 Å². The van der Waals surface area contributed by atoms with Gasteiger partial charge < -0.3 is 14.9 Å². The number of rotatable bonds is 0. The first kappa shape index (κ1) is 7.91. The van der Waals surface area contributed by atoms with Crippen LogP contribution in [0.4, 0.5) is 0 Å². The molecule has 2 N–H and O–H groups in total. The van der Waals surface area contributed by atoms with E-state index in [1.807, 2.05) is 0 Å². The van der Waals surface area contributed by atoms with E-state index in [1.54, 1.807) is 0 Å². The largest absolute Gasteiger partial charge is 0.508 e. The number of ether oxygens (including phenoxy) is 1. The van der Waals surface area contributed by atoms with Gasteiger partial charge in [0.1, 0.15) is 17.2 Å². The summed E-state index contributed by atoms with van der Waals surface area (Å²) in [5.74, 6) is -0.209. The summed E-state index contributed by atoms with van der Waals surface area (Å²) in [5, 5.41) is 18.5. The fourth-order valence-electron chi connectivity index (χ4n) is 1.36. The molecule has 0 saturated heterocycles. The first-order valence-corrected chi connectivity index (χ1v) is 3.92. The van der Waals surface area contributed by atoms with E-state index >= 15 is 0 Å². The lowest BCUT2D eigenvalue weighted by atomic mass is 10.0. The van der Waals surface area contributed by atoms with Crippen molar-refractivity contribution >= 4 is 5.97 Å². The van der Waals surface area contributed by atoms with Gasteiger partial charge in [0, 0.05) is 17.7 Å². The number of hydrogen-bond acceptors (Lipinski definition) is 4. The van der Waals surface area contributed by atoms with Gasteiger partial charge >= 0.3 is 5.97 Å². The molecule has 0 bridgehead atoms. The molecule has 1 aliphatic heterocycles. The zero-order chi connectivity index (χ0) is 9.42. The minimum absolute atomic E-state index is 0.0255. The number of carbonyl (C=O) groups excluding carboxylic acids is 1. The van der Waals surface area contributed by atoms with E-state index < -0.39 is 0 Å². The van der Waals surface area contributed by atoms with E-state index in [1.165, 1.54) is 12.1 Å². The molecule has 0 spiro atoms. The Morgan fingerprint density at radius 2 is 2.00 bits per heavy atom. The molecule has 1 aliphatic rings. The quantitative estimate of drug-likeness (QED) is 0.460. The molecule has 0 atom stereocenters. The summed E-state index contributed by atoms with van der Waals surface area (Å²) >= 11 is 0. The second-order valence-corrected chi connectivity index (χ2v) is 2.92. The molecule has 68 valence electrons. The van der Waals surface area contributed by atoms with Crippen molar-refractivity contribution in [3.8, 4) is 17.2 Å². The SMILES string of the molecule is O=C1CCc2c(O)cc(O)cc2O1. The zero-order valence-electron chi connectivity index (χ0n) is 6.78. The molecule has 1 heterocycles. The standard InChI is InChI=1S/C9H8O4/c10-5-3-7(11)6-1-2-9(12)13-8(6)4-5/h3-4,10-11H,1-2H2. The van der Waals surface area contributed by atoms with Crippen molar-refractivity contribution in [3.63, 3.8) is 0 Å². The van der Waals surface area contributed by atoms with Gasteiger partial charge in [0.25, 0.3) is 0 Å². The van der Waals surface area contributed by atoms with Crippen LogP contribution in [0.5, 0.6) is 17.2 Å². The van der Waals surface area contributed by atoms with Gasteiger partial charge in [0.05, 0.1) is 6.42 Å². The Bertz CT molecular complexity index is 370. The Kier molecular flexibility index (Phi) is 1.62. The summed E-state index contributed by atoms with van der Waals surface area (Å²) in [6.07, 6.45) is 0.728. The van der Waals surface area contributed by atoms with Crippen molar-refractivity contribution in [1.82, 2.24) is 0 Å². The number of phenolic OH excluding ortho intramolecular Hbond substituents is 2. The Morgan fingerprint density at radius 3 is 2.77 bits per heavy atom. The van der Waals surface area contributed by atoms with E-state index in [-0.39, 0.29) is 29.6 Å². The number of phenols is 2. The van der Waals surface area contributed by atoms with Crippen molar-refractivity contribution in [1.29, 1.82) is 0 Å². The van der Waals surface area contributed by atoms with E-state index in [2.05, 4.69) is 0 Å². The molecule has 0 aliphatic carbocycles. The van der Waals surface area contributed by atoms with Gasteiger partial charge in [0.15, 0.2) is 0 Å². The minimum atomic E-state index is -0.336. The van der Waals surface area contributed by atoms with Crippen LogP contribution in [0.1, 0.15) is 12.0 Å². The fourth-order valence-corrected chi connectivity index (χ4v) is 1.36. The first-order chi connectivity index (χ1) is 6.16. The summed E-state index contributed by atoms with van der Waals surface area (Å²) in [5.41, 5.74) is 0.581. The molecular weight excluding hydrogens is 172 g/mol. The Hall–Kier alpha value is -1.71. The second kappa shape index (κ2) is 2.65. The Labute approximate surface area is 74.4 Å². The molecule has 4 heteroatoms. The van der Waals surface area contributed by atoms with Crippen molar-refractivity contribution in [3.05, 3.63) is 17.7 Å². The normalized spacial score (nSPS) is 14.9. The highest BCUT2D eigenvalue weighted by molar-refractivity contribution is 5.76. The van der Waals surface area contributed by atoms with E-state index in [9.17, 15) is 9.90 Å². The predicted molar refractivity (Wildman–Crippen MR) is 43.7 cm³/mol. The van der Waals surface area contributed by atoms with Crippen molar-refractivity contribution in [2.24, 2.45) is 0 Å². The predicted octanol–water partition coefficient (Wildman–Crippen LogP) is 0.949. The van der Waals surface area contributed by atoms with Gasteiger partial charge in [0.2, 0.25) is 0 Å². The van der Waals surface area contributed by atoms with Crippen LogP contribution in [-0.4, -0.2) is 16.2 Å². The monoisotopic (exact) mass is 180 g/mol. The van der Waals surface area contributed by atoms with Crippen LogP contribution in [0.15, 0.2) is 12.1 Å². The molecular formula is C9H8O4. The number of aromatic hydroxyl groups is 2. The lowest BCUT2D eigenvalue weighted by Gasteiger charge is -2.16. The lowest BCUT2D eigenvalue weighted by molar-refractivity contribution is -0.135. The van der Waals surface area contributed by atoms with Crippen LogP contribution in [0.25, 0.3) is 0 Å². The topological polar surface area (TPSA) is 66.8 Å². The number of carbonyl (C=O) groups is 1. The second-order valence-electron chi connectivity index (χ2n) is 2.92. The summed E-state index contributed by atoms with van der Waals surface area (Å²) < 4.78 is 4.83. The van der Waals surface area contributed by atoms with Crippen molar-refractivity contribution in [2.75, 3.05) is 0 Å². The maximum absolute atomic E-state index is 10.9. The van der Waals surface area contributed by atoms with E-state index in [0.29, 0.717) is 12.0 Å². The van der Waals surface area contributed by atoms with Crippen LogP contribution in [0.3, 0.4) is 0 Å². The summed E-state index contributed by atoms with van der Waals surface area (Å²) in [7, 11) is 0. The fraction of sp³-hybridized carbons (Fsp3) is 0.222. The van der Waals surface area contributed by atoms with Gasteiger partial charge in [-0.1, -0.05) is 0 Å². The lowest BCUT2D eigenvalue weighted by Crippen LogP contribution is -2.15. The molecule has 0 amide bonds. The summed E-state index contributed by atoms with van der Waals surface area (Å²) in [4.78, 5) is 10.9. The van der Waals surface area contributed by atoms with Crippen LogP contribution in [0.2, 0.25) is 0 Å². The van der Waals surface area contributed by atoms with E-state index in [0.717, 1.165) is 0 Å². The van der Waals surface area contributed by atoms with Crippen molar-refractivity contribution < 1.29 is 19.7 Å².